The van der Waals surface area contributed by atoms with Crippen LogP contribution in [0.5, 0.6) is 0 Å². The van der Waals surface area contributed by atoms with Crippen molar-refractivity contribution in [2.75, 3.05) is 6.54 Å². The van der Waals surface area contributed by atoms with Crippen molar-refractivity contribution in [3.05, 3.63) is 76.0 Å². The molecule has 33 heavy (non-hydrogen) atoms. The second kappa shape index (κ2) is 10.7. The van der Waals surface area contributed by atoms with Crippen LogP contribution >= 0.6 is 11.3 Å². The molecule has 2 amide bonds. The maximum Gasteiger partial charge on any atom is 0.407 e. The summed E-state index contributed by atoms with van der Waals surface area (Å²) in [5.41, 5.74) is 3.79. The van der Waals surface area contributed by atoms with E-state index in [0.29, 0.717) is 16.8 Å². The van der Waals surface area contributed by atoms with Crippen molar-refractivity contribution in [1.82, 2.24) is 10.6 Å². The number of carbonyl (C=O) groups excluding carboxylic acids is 2. The second-order valence-corrected chi connectivity index (χ2v) is 9.88. The Labute approximate surface area is 201 Å². The standard InChI is InChI=1S/C26H29BN2O3S/c1-17-10-12-19(13-11-17)22-21(27)16-33-23(22)24(30)29-20(14-18-8-6-5-7-9-18)15-28-25(31)32-26(2,3)4/h5-13,16,20H,14-15H2,1-4H3,(H,28,31)(H,29,30). The molecule has 1 heterocycles. The molecule has 3 aromatic rings. The summed E-state index contributed by atoms with van der Waals surface area (Å²) in [6.07, 6.45) is 0.0406. The molecule has 0 aliphatic heterocycles. The summed E-state index contributed by atoms with van der Waals surface area (Å²) in [6.45, 7) is 7.67. The predicted molar refractivity (Wildman–Crippen MR) is 136 cm³/mol. The number of hydrogen-bond acceptors (Lipinski definition) is 4. The third-order valence-corrected chi connectivity index (χ3v) is 5.91. The molecule has 0 aliphatic rings. The summed E-state index contributed by atoms with van der Waals surface area (Å²) in [5.74, 6) is -0.223. The van der Waals surface area contributed by atoms with Crippen LogP contribution in [0, 0.1) is 6.92 Å². The molecule has 2 aromatic carbocycles. The summed E-state index contributed by atoms with van der Waals surface area (Å²) in [5, 5.41) is 7.64. The van der Waals surface area contributed by atoms with E-state index in [1.165, 1.54) is 11.3 Å². The molecule has 0 aliphatic carbocycles. The SMILES string of the molecule is [B]c1csc(C(=O)NC(CNC(=O)OC(C)(C)C)Cc2ccccc2)c1-c1ccc(C)cc1. The predicted octanol–water partition coefficient (Wildman–Crippen LogP) is 4.38. The average molecular weight is 460 g/mol. The third kappa shape index (κ3) is 7.22. The summed E-state index contributed by atoms with van der Waals surface area (Å²) in [4.78, 5) is 26.0. The van der Waals surface area contributed by atoms with Crippen LogP contribution < -0.4 is 16.1 Å². The van der Waals surface area contributed by atoms with Gasteiger partial charge in [0.1, 0.15) is 13.4 Å². The van der Waals surface area contributed by atoms with Crippen molar-refractivity contribution in [2.45, 2.75) is 45.8 Å². The Morgan fingerprint density at radius 1 is 1.06 bits per heavy atom. The summed E-state index contributed by atoms with van der Waals surface area (Å²) >= 11 is 1.31. The van der Waals surface area contributed by atoms with Gasteiger partial charge >= 0.3 is 6.09 Å². The monoisotopic (exact) mass is 460 g/mol. The zero-order valence-electron chi connectivity index (χ0n) is 19.5. The van der Waals surface area contributed by atoms with Gasteiger partial charge in [-0.2, -0.15) is 0 Å². The van der Waals surface area contributed by atoms with Gasteiger partial charge in [0.2, 0.25) is 0 Å². The number of hydrogen-bond donors (Lipinski definition) is 2. The maximum atomic E-state index is 13.3. The number of nitrogens with one attached hydrogen (secondary N) is 2. The number of thiophene rings is 1. The molecule has 1 unspecified atom stereocenters. The van der Waals surface area contributed by atoms with E-state index in [4.69, 9.17) is 12.6 Å². The molecular weight excluding hydrogens is 431 g/mol. The fourth-order valence-corrected chi connectivity index (χ4v) is 4.28. The second-order valence-electron chi connectivity index (χ2n) is 9.00. The first-order valence-corrected chi connectivity index (χ1v) is 11.8. The minimum Gasteiger partial charge on any atom is -0.444 e. The minimum atomic E-state index is -0.598. The number of aryl methyl sites for hydroxylation is 1. The fourth-order valence-electron chi connectivity index (χ4n) is 3.40. The van der Waals surface area contributed by atoms with Crippen LogP contribution in [0.4, 0.5) is 4.79 Å². The van der Waals surface area contributed by atoms with E-state index < -0.39 is 11.7 Å². The lowest BCUT2D eigenvalue weighted by atomic mass is 9.89. The first-order chi connectivity index (χ1) is 15.6. The molecule has 2 radical (unpaired) electrons. The molecule has 0 bridgehead atoms. The highest BCUT2D eigenvalue weighted by molar-refractivity contribution is 7.13. The molecular formula is C26H29BN2O3S. The molecule has 5 nitrogen and oxygen atoms in total. The zero-order chi connectivity index (χ0) is 24.0. The molecule has 170 valence electrons. The van der Waals surface area contributed by atoms with Gasteiger partial charge in [-0.1, -0.05) is 65.6 Å². The number of benzene rings is 2. The van der Waals surface area contributed by atoms with E-state index in [2.05, 4.69) is 10.6 Å². The van der Waals surface area contributed by atoms with Crippen molar-refractivity contribution in [2.24, 2.45) is 0 Å². The lowest BCUT2D eigenvalue weighted by molar-refractivity contribution is 0.0520. The zero-order valence-corrected chi connectivity index (χ0v) is 20.3. The molecule has 1 aromatic heterocycles. The molecule has 7 heteroatoms. The molecule has 1 atom stereocenters. The van der Waals surface area contributed by atoms with Crippen LogP contribution in [-0.4, -0.2) is 38.0 Å². The van der Waals surface area contributed by atoms with Gasteiger partial charge in [0.25, 0.3) is 5.91 Å². The lowest BCUT2D eigenvalue weighted by Gasteiger charge is -2.23. The van der Waals surface area contributed by atoms with Crippen molar-refractivity contribution >= 4 is 36.6 Å². The molecule has 3 rings (SSSR count). The molecule has 0 fully saturated rings. The Kier molecular flexibility index (Phi) is 7.98. The van der Waals surface area contributed by atoms with Crippen molar-refractivity contribution in [3.8, 4) is 11.1 Å². The van der Waals surface area contributed by atoms with E-state index in [0.717, 1.165) is 22.3 Å². The Hall–Kier alpha value is -3.06. The van der Waals surface area contributed by atoms with E-state index in [9.17, 15) is 9.59 Å². The normalized spacial score (nSPS) is 12.1. The highest BCUT2D eigenvalue weighted by Gasteiger charge is 2.22. The molecule has 0 spiro atoms. The van der Waals surface area contributed by atoms with Crippen molar-refractivity contribution < 1.29 is 14.3 Å². The van der Waals surface area contributed by atoms with Crippen LogP contribution in [0.15, 0.2) is 60.0 Å². The topological polar surface area (TPSA) is 67.4 Å². The lowest BCUT2D eigenvalue weighted by Crippen LogP contribution is -2.46. The molecule has 0 saturated carbocycles. The van der Waals surface area contributed by atoms with Gasteiger partial charge in [-0.05, 0) is 56.2 Å². The van der Waals surface area contributed by atoms with Gasteiger partial charge in [0, 0.05) is 6.54 Å². The summed E-state index contributed by atoms with van der Waals surface area (Å²) < 4.78 is 5.34. The fraction of sp³-hybridized carbons (Fsp3) is 0.308. The number of amides is 2. The first kappa shape index (κ1) is 24.6. The Balaban J connectivity index is 1.78. The van der Waals surface area contributed by atoms with Gasteiger partial charge in [-0.15, -0.1) is 11.3 Å². The van der Waals surface area contributed by atoms with E-state index in [1.807, 2.05) is 82.3 Å². The van der Waals surface area contributed by atoms with Gasteiger partial charge in [-0.25, -0.2) is 4.79 Å². The number of carbonyl (C=O) groups is 2. The van der Waals surface area contributed by atoms with E-state index in [1.54, 1.807) is 5.38 Å². The highest BCUT2D eigenvalue weighted by atomic mass is 32.1. The number of alkyl carbamates (subject to hydrolysis) is 1. The molecule has 2 N–H and O–H groups in total. The first-order valence-electron chi connectivity index (χ1n) is 10.9. The average Bonchev–Trinajstić information content (AvgIpc) is 3.13. The van der Waals surface area contributed by atoms with Crippen LogP contribution in [-0.2, 0) is 11.2 Å². The van der Waals surface area contributed by atoms with Gasteiger partial charge in [0.15, 0.2) is 0 Å². The third-order valence-electron chi connectivity index (χ3n) is 4.92. The quantitative estimate of drug-likeness (QED) is 0.515. The van der Waals surface area contributed by atoms with Gasteiger partial charge < -0.3 is 15.4 Å². The van der Waals surface area contributed by atoms with Crippen LogP contribution in [0.1, 0.15) is 41.6 Å². The van der Waals surface area contributed by atoms with Crippen LogP contribution in [0.25, 0.3) is 11.1 Å². The van der Waals surface area contributed by atoms with Crippen molar-refractivity contribution in [3.63, 3.8) is 0 Å². The largest absolute Gasteiger partial charge is 0.444 e. The molecule has 0 saturated heterocycles. The summed E-state index contributed by atoms with van der Waals surface area (Å²) in [6, 6.07) is 17.4. The Morgan fingerprint density at radius 2 is 1.73 bits per heavy atom. The Bertz CT molecular complexity index is 1090. The Morgan fingerprint density at radius 3 is 2.36 bits per heavy atom. The highest BCUT2D eigenvalue weighted by Crippen LogP contribution is 2.26. The van der Waals surface area contributed by atoms with E-state index in [-0.39, 0.29) is 18.5 Å². The van der Waals surface area contributed by atoms with Gasteiger partial charge in [-0.3, -0.25) is 4.79 Å². The maximum absolute atomic E-state index is 13.3. The number of ether oxygens (including phenoxy) is 1. The summed E-state index contributed by atoms with van der Waals surface area (Å²) in [7, 11) is 6.22. The van der Waals surface area contributed by atoms with Crippen LogP contribution in [0.2, 0.25) is 0 Å². The minimum absolute atomic E-state index is 0.223. The van der Waals surface area contributed by atoms with E-state index >= 15 is 0 Å². The smallest absolute Gasteiger partial charge is 0.407 e. The number of rotatable bonds is 7. The van der Waals surface area contributed by atoms with Crippen LogP contribution in [0.3, 0.4) is 0 Å². The van der Waals surface area contributed by atoms with Crippen molar-refractivity contribution in [1.29, 1.82) is 0 Å². The van der Waals surface area contributed by atoms with Gasteiger partial charge in [0.05, 0.1) is 10.9 Å².